The number of nitrogens with two attached hydrogens (primary N) is 1. The van der Waals surface area contributed by atoms with E-state index in [1.165, 1.54) is 21.5 Å². The van der Waals surface area contributed by atoms with Gasteiger partial charge in [-0.2, -0.15) is 0 Å². The van der Waals surface area contributed by atoms with Gasteiger partial charge in [0.25, 0.3) is 10.0 Å². The summed E-state index contributed by atoms with van der Waals surface area (Å²) in [6.45, 7) is 0. The summed E-state index contributed by atoms with van der Waals surface area (Å²) in [5.74, 6) is 0.505. The monoisotopic (exact) mass is 452 g/mol. The molecule has 0 saturated heterocycles. The lowest BCUT2D eigenvalue weighted by atomic mass is 9.86. The van der Waals surface area contributed by atoms with Crippen molar-refractivity contribution in [1.29, 1.82) is 0 Å². The van der Waals surface area contributed by atoms with Crippen LogP contribution in [0.25, 0.3) is 16.6 Å². The molecular weight excluding hydrogens is 432 g/mol. The minimum atomic E-state index is -3.71. The van der Waals surface area contributed by atoms with E-state index in [-0.39, 0.29) is 4.90 Å². The lowest BCUT2D eigenvalue weighted by Gasteiger charge is -2.20. The summed E-state index contributed by atoms with van der Waals surface area (Å²) in [4.78, 5) is 0.219. The zero-order chi connectivity index (χ0) is 21.4. The normalized spacial score (nSPS) is 17.0. The predicted molar refractivity (Wildman–Crippen MR) is 120 cm³/mol. The summed E-state index contributed by atoms with van der Waals surface area (Å²) < 4.78 is 27.1. The zero-order valence-electron chi connectivity index (χ0n) is 16.5. The van der Waals surface area contributed by atoms with Crippen LogP contribution in [-0.4, -0.2) is 32.8 Å². The van der Waals surface area contributed by atoms with Crippen molar-refractivity contribution in [2.45, 2.75) is 30.6 Å². The fourth-order valence-corrected chi connectivity index (χ4v) is 5.91. The Bertz CT molecular complexity index is 1380. The third-order valence-corrected chi connectivity index (χ3v) is 7.95. The molecule has 1 atom stereocenters. The highest BCUT2D eigenvalue weighted by Crippen LogP contribution is 2.33. The summed E-state index contributed by atoms with van der Waals surface area (Å²) in [5, 5.41) is 18.8. The molecule has 0 bridgehead atoms. The van der Waals surface area contributed by atoms with Crippen molar-refractivity contribution >= 4 is 43.1 Å². The Labute approximate surface area is 183 Å². The molecule has 10 heteroatoms. The summed E-state index contributed by atoms with van der Waals surface area (Å²) in [6, 6.07) is 12.0. The van der Waals surface area contributed by atoms with Gasteiger partial charge in [-0.3, -0.25) is 0 Å². The molecule has 0 spiro atoms. The Morgan fingerprint density at radius 1 is 1.10 bits per heavy atom. The maximum absolute atomic E-state index is 13.0. The van der Waals surface area contributed by atoms with Crippen molar-refractivity contribution in [2.24, 2.45) is 5.92 Å². The maximum Gasteiger partial charge on any atom is 0.269 e. The first kappa shape index (κ1) is 19.8. The van der Waals surface area contributed by atoms with Crippen LogP contribution in [0.2, 0.25) is 0 Å². The highest BCUT2D eigenvalue weighted by molar-refractivity contribution is 7.90. The Hall–Kier alpha value is -3.11. The Morgan fingerprint density at radius 2 is 1.94 bits per heavy atom. The third-order valence-electron chi connectivity index (χ3n) is 5.50. The van der Waals surface area contributed by atoms with E-state index < -0.39 is 10.0 Å². The number of aromatic nitrogens is 5. The van der Waals surface area contributed by atoms with Crippen LogP contribution in [0.4, 0.5) is 5.13 Å². The summed E-state index contributed by atoms with van der Waals surface area (Å²) in [5.41, 5.74) is 7.93. The largest absolute Gasteiger partial charge is 0.374 e. The van der Waals surface area contributed by atoms with Crippen LogP contribution >= 0.6 is 11.3 Å². The molecule has 1 aliphatic carbocycles. The number of benzene rings is 1. The first-order valence-corrected chi connectivity index (χ1v) is 12.2. The number of anilines is 1. The molecule has 0 saturated carbocycles. The van der Waals surface area contributed by atoms with Crippen molar-refractivity contribution in [2.75, 3.05) is 5.73 Å². The van der Waals surface area contributed by atoms with Gasteiger partial charge in [0.2, 0.25) is 5.13 Å². The van der Waals surface area contributed by atoms with Crippen molar-refractivity contribution in [3.63, 3.8) is 0 Å². The summed E-state index contributed by atoms with van der Waals surface area (Å²) in [6.07, 6.45) is 7.45. The van der Waals surface area contributed by atoms with Crippen LogP contribution in [0.3, 0.4) is 0 Å². The standard InChI is InChI=1S/C21H20N6O2S2/c22-21-26-24-19(30-21)12-14-6-8-15(9-7-14)18-13-16-10-11-27(20(16)25-23-18)31(28,29)17-4-2-1-3-5-17/h1-5,8,10-11,13-14H,6-7,9,12H2,(H2,22,26). The molecule has 1 aliphatic rings. The molecule has 3 heterocycles. The Kier molecular flexibility index (Phi) is 5.03. The molecule has 1 aromatic carbocycles. The molecular formula is C21H20N6O2S2. The van der Waals surface area contributed by atoms with Crippen LogP contribution in [0, 0.1) is 5.92 Å². The van der Waals surface area contributed by atoms with E-state index in [1.54, 1.807) is 36.4 Å². The van der Waals surface area contributed by atoms with Crippen LogP contribution in [-0.2, 0) is 16.4 Å². The fourth-order valence-electron chi connectivity index (χ4n) is 3.87. The average molecular weight is 453 g/mol. The smallest absolute Gasteiger partial charge is 0.269 e. The summed E-state index contributed by atoms with van der Waals surface area (Å²) >= 11 is 1.44. The molecule has 158 valence electrons. The summed E-state index contributed by atoms with van der Waals surface area (Å²) in [7, 11) is -3.71. The van der Waals surface area contributed by atoms with Crippen LogP contribution in [0.5, 0.6) is 0 Å². The maximum atomic E-state index is 13.0. The van der Waals surface area contributed by atoms with Gasteiger partial charge in [0, 0.05) is 18.0 Å². The van der Waals surface area contributed by atoms with Gasteiger partial charge >= 0.3 is 0 Å². The molecule has 2 N–H and O–H groups in total. The highest BCUT2D eigenvalue weighted by atomic mass is 32.2. The lowest BCUT2D eigenvalue weighted by Crippen LogP contribution is -2.13. The SMILES string of the molecule is Nc1nnc(CC2CC=C(c3cc4ccn(S(=O)(=O)c5ccccc5)c4nn3)CC2)s1. The number of hydrogen-bond acceptors (Lipinski definition) is 8. The zero-order valence-corrected chi connectivity index (χ0v) is 18.2. The topological polar surface area (TPSA) is 117 Å². The molecule has 8 nitrogen and oxygen atoms in total. The number of rotatable bonds is 5. The van der Waals surface area contributed by atoms with E-state index in [1.807, 2.05) is 6.07 Å². The first-order valence-electron chi connectivity index (χ1n) is 9.93. The van der Waals surface area contributed by atoms with Gasteiger partial charge in [0.15, 0.2) is 5.65 Å². The molecule has 0 fully saturated rings. The number of nitrogen functional groups attached to an aromatic ring is 1. The lowest BCUT2D eigenvalue weighted by molar-refractivity contribution is 0.480. The number of hydrogen-bond donors (Lipinski definition) is 1. The molecule has 5 rings (SSSR count). The molecule has 31 heavy (non-hydrogen) atoms. The van der Waals surface area contributed by atoms with E-state index in [2.05, 4.69) is 26.5 Å². The minimum absolute atomic E-state index is 0.219. The second-order valence-corrected chi connectivity index (χ2v) is 10.5. The second-order valence-electron chi connectivity index (χ2n) is 7.55. The van der Waals surface area contributed by atoms with E-state index in [9.17, 15) is 8.42 Å². The van der Waals surface area contributed by atoms with Crippen LogP contribution in [0.15, 0.2) is 59.6 Å². The third kappa shape index (κ3) is 3.84. The molecule has 3 aromatic heterocycles. The molecule has 1 unspecified atom stereocenters. The second kappa shape index (κ2) is 7.86. The fraction of sp³-hybridized carbons (Fsp3) is 0.238. The van der Waals surface area contributed by atoms with Gasteiger partial charge in [-0.1, -0.05) is 35.6 Å². The molecule has 0 radical (unpaired) electrons. The predicted octanol–water partition coefficient (Wildman–Crippen LogP) is 3.53. The van der Waals surface area contributed by atoms with Gasteiger partial charge in [-0.15, -0.1) is 20.4 Å². The molecule has 0 aliphatic heterocycles. The number of nitrogens with zero attached hydrogens (tertiary/aromatic N) is 5. The Balaban J connectivity index is 1.38. The average Bonchev–Trinajstić information content (AvgIpc) is 3.40. The first-order chi connectivity index (χ1) is 15.0. The van der Waals surface area contributed by atoms with E-state index >= 15 is 0 Å². The van der Waals surface area contributed by atoms with Crippen molar-refractivity contribution < 1.29 is 8.42 Å². The van der Waals surface area contributed by atoms with E-state index in [0.29, 0.717) is 16.7 Å². The minimum Gasteiger partial charge on any atom is -0.374 e. The van der Waals surface area contributed by atoms with Crippen LogP contribution in [0.1, 0.15) is 30.0 Å². The van der Waals surface area contributed by atoms with Crippen molar-refractivity contribution in [3.8, 4) is 0 Å². The van der Waals surface area contributed by atoms with E-state index in [0.717, 1.165) is 47.3 Å². The van der Waals surface area contributed by atoms with Gasteiger partial charge in [0.1, 0.15) is 5.01 Å². The molecule has 4 aromatic rings. The quantitative estimate of drug-likeness (QED) is 0.492. The van der Waals surface area contributed by atoms with E-state index in [4.69, 9.17) is 5.73 Å². The number of fused-ring (bicyclic) bond motifs is 1. The van der Waals surface area contributed by atoms with Gasteiger partial charge in [-0.25, -0.2) is 12.4 Å². The van der Waals surface area contributed by atoms with Crippen molar-refractivity contribution in [1.82, 2.24) is 24.4 Å². The van der Waals surface area contributed by atoms with Gasteiger partial charge < -0.3 is 5.73 Å². The highest BCUT2D eigenvalue weighted by Gasteiger charge is 2.22. The van der Waals surface area contributed by atoms with Gasteiger partial charge in [-0.05, 0) is 55.0 Å². The van der Waals surface area contributed by atoms with Crippen molar-refractivity contribution in [3.05, 3.63) is 65.4 Å². The Morgan fingerprint density at radius 3 is 2.65 bits per heavy atom. The van der Waals surface area contributed by atoms with Gasteiger partial charge in [0.05, 0.1) is 10.6 Å². The number of allylic oxidation sites excluding steroid dienone is 2. The molecule has 0 amide bonds. The van der Waals surface area contributed by atoms with Crippen LogP contribution < -0.4 is 5.73 Å².